The van der Waals surface area contributed by atoms with Crippen LogP contribution in [-0.2, 0) is 11.3 Å². The van der Waals surface area contributed by atoms with E-state index < -0.39 is 0 Å². The van der Waals surface area contributed by atoms with Crippen LogP contribution in [0.5, 0.6) is 0 Å². The maximum absolute atomic E-state index is 12.4. The van der Waals surface area contributed by atoms with Crippen LogP contribution in [0, 0.1) is 0 Å². The van der Waals surface area contributed by atoms with E-state index in [9.17, 15) is 4.79 Å². The van der Waals surface area contributed by atoms with Crippen LogP contribution in [0.25, 0.3) is 6.08 Å². The number of amides is 1. The van der Waals surface area contributed by atoms with E-state index in [4.69, 9.17) is 16.0 Å². The molecule has 1 saturated heterocycles. The monoisotopic (exact) mass is 344 g/mol. The molecule has 0 radical (unpaired) electrons. The van der Waals surface area contributed by atoms with Crippen LogP contribution in [-0.4, -0.2) is 41.9 Å². The third kappa shape index (κ3) is 4.49. The van der Waals surface area contributed by atoms with Crippen LogP contribution in [0.15, 0.2) is 53.2 Å². The Morgan fingerprint density at radius 1 is 1.12 bits per heavy atom. The van der Waals surface area contributed by atoms with Gasteiger partial charge < -0.3 is 9.32 Å². The smallest absolute Gasteiger partial charge is 0.224 e. The van der Waals surface area contributed by atoms with Gasteiger partial charge >= 0.3 is 0 Å². The molecule has 0 atom stereocenters. The molecule has 0 unspecified atom stereocenters. The SMILES string of the molecule is O=C1CCN(CC=Cc2ccco2)CCN1Cc1ccccc1Cl. The molecule has 0 spiro atoms. The minimum atomic E-state index is 0.187. The van der Waals surface area contributed by atoms with Crippen molar-refractivity contribution < 1.29 is 9.21 Å². The van der Waals surface area contributed by atoms with Crippen molar-refractivity contribution in [1.82, 2.24) is 9.80 Å². The molecule has 0 N–H and O–H groups in total. The summed E-state index contributed by atoms with van der Waals surface area (Å²) in [5.41, 5.74) is 0.999. The zero-order valence-electron chi connectivity index (χ0n) is 13.5. The van der Waals surface area contributed by atoms with Gasteiger partial charge in [0.1, 0.15) is 5.76 Å². The van der Waals surface area contributed by atoms with Crippen molar-refractivity contribution in [3.8, 4) is 0 Å². The Morgan fingerprint density at radius 3 is 2.79 bits per heavy atom. The number of rotatable bonds is 5. The molecule has 1 aliphatic heterocycles. The zero-order valence-corrected chi connectivity index (χ0v) is 14.3. The summed E-state index contributed by atoms with van der Waals surface area (Å²) in [6.45, 7) is 3.75. The van der Waals surface area contributed by atoms with Crippen LogP contribution in [0.1, 0.15) is 17.7 Å². The van der Waals surface area contributed by atoms with E-state index >= 15 is 0 Å². The molecular formula is C19H21ClN2O2. The maximum Gasteiger partial charge on any atom is 0.224 e. The minimum absolute atomic E-state index is 0.187. The summed E-state index contributed by atoms with van der Waals surface area (Å²) in [7, 11) is 0. The Bertz CT molecular complexity index is 697. The first kappa shape index (κ1) is 16.8. The highest BCUT2D eigenvalue weighted by molar-refractivity contribution is 6.31. The van der Waals surface area contributed by atoms with Gasteiger partial charge in [-0.3, -0.25) is 9.69 Å². The van der Waals surface area contributed by atoms with E-state index in [2.05, 4.69) is 11.0 Å². The Morgan fingerprint density at radius 2 is 2.00 bits per heavy atom. The predicted molar refractivity (Wildman–Crippen MR) is 95.7 cm³/mol. The maximum atomic E-state index is 12.4. The predicted octanol–water partition coefficient (Wildman–Crippen LogP) is 3.68. The van der Waals surface area contributed by atoms with E-state index in [0.717, 1.165) is 37.5 Å². The summed E-state index contributed by atoms with van der Waals surface area (Å²) < 4.78 is 5.28. The van der Waals surface area contributed by atoms with Crippen LogP contribution in [0.3, 0.4) is 0 Å². The summed E-state index contributed by atoms with van der Waals surface area (Å²) in [5.74, 6) is 1.04. The summed E-state index contributed by atoms with van der Waals surface area (Å²) in [4.78, 5) is 16.5. The highest BCUT2D eigenvalue weighted by atomic mass is 35.5. The van der Waals surface area contributed by atoms with Gasteiger partial charge in [-0.15, -0.1) is 0 Å². The first-order valence-corrected chi connectivity index (χ1v) is 8.54. The molecule has 1 amide bonds. The van der Waals surface area contributed by atoms with Gasteiger partial charge in [-0.25, -0.2) is 0 Å². The molecule has 4 nitrogen and oxygen atoms in total. The summed E-state index contributed by atoms with van der Waals surface area (Å²) in [5, 5.41) is 0.716. The van der Waals surface area contributed by atoms with Crippen LogP contribution in [0.2, 0.25) is 5.02 Å². The topological polar surface area (TPSA) is 36.7 Å². The Labute approximate surface area is 147 Å². The lowest BCUT2D eigenvalue weighted by molar-refractivity contribution is -0.130. The number of nitrogens with zero attached hydrogens (tertiary/aromatic N) is 2. The van der Waals surface area contributed by atoms with Gasteiger partial charge in [0, 0.05) is 44.2 Å². The summed E-state index contributed by atoms with van der Waals surface area (Å²) >= 11 is 6.21. The molecule has 3 rings (SSSR count). The molecule has 0 saturated carbocycles. The van der Waals surface area contributed by atoms with Crippen molar-refractivity contribution in [2.45, 2.75) is 13.0 Å². The van der Waals surface area contributed by atoms with Gasteiger partial charge in [0.05, 0.1) is 6.26 Å². The fourth-order valence-electron chi connectivity index (χ4n) is 2.80. The quantitative estimate of drug-likeness (QED) is 0.830. The highest BCUT2D eigenvalue weighted by Crippen LogP contribution is 2.18. The lowest BCUT2D eigenvalue weighted by Crippen LogP contribution is -2.33. The molecule has 2 heterocycles. The van der Waals surface area contributed by atoms with E-state index in [1.54, 1.807) is 6.26 Å². The Kier molecular flexibility index (Phi) is 5.72. The van der Waals surface area contributed by atoms with Crippen molar-refractivity contribution >= 4 is 23.6 Å². The number of carbonyl (C=O) groups is 1. The molecule has 0 bridgehead atoms. The van der Waals surface area contributed by atoms with E-state index in [1.165, 1.54) is 0 Å². The number of hydrogen-bond donors (Lipinski definition) is 0. The molecule has 1 aliphatic rings. The van der Waals surface area contributed by atoms with Crippen LogP contribution < -0.4 is 0 Å². The summed E-state index contributed by atoms with van der Waals surface area (Å²) in [6, 6.07) is 11.5. The fourth-order valence-corrected chi connectivity index (χ4v) is 2.99. The number of benzene rings is 1. The third-order valence-electron chi connectivity index (χ3n) is 4.19. The fraction of sp³-hybridized carbons (Fsp3) is 0.316. The van der Waals surface area contributed by atoms with Crippen LogP contribution >= 0.6 is 11.6 Å². The third-order valence-corrected chi connectivity index (χ3v) is 4.56. The lowest BCUT2D eigenvalue weighted by Gasteiger charge is -2.22. The number of hydrogen-bond acceptors (Lipinski definition) is 3. The average molecular weight is 345 g/mol. The van der Waals surface area contributed by atoms with E-state index in [-0.39, 0.29) is 5.91 Å². The first-order chi connectivity index (χ1) is 11.7. The lowest BCUT2D eigenvalue weighted by atomic mass is 10.2. The summed E-state index contributed by atoms with van der Waals surface area (Å²) in [6.07, 6.45) is 6.25. The van der Waals surface area contributed by atoms with E-state index in [1.807, 2.05) is 47.4 Å². The van der Waals surface area contributed by atoms with Crippen molar-refractivity contribution in [2.24, 2.45) is 0 Å². The molecule has 1 aromatic heterocycles. The van der Waals surface area contributed by atoms with Crippen molar-refractivity contribution in [3.63, 3.8) is 0 Å². The second-order valence-corrected chi connectivity index (χ2v) is 6.28. The number of furan rings is 1. The highest BCUT2D eigenvalue weighted by Gasteiger charge is 2.20. The molecule has 0 aliphatic carbocycles. The van der Waals surface area contributed by atoms with Gasteiger partial charge in [-0.1, -0.05) is 35.9 Å². The van der Waals surface area contributed by atoms with Crippen molar-refractivity contribution in [2.75, 3.05) is 26.2 Å². The number of halogens is 1. The molecule has 1 aromatic carbocycles. The van der Waals surface area contributed by atoms with Crippen molar-refractivity contribution in [1.29, 1.82) is 0 Å². The van der Waals surface area contributed by atoms with Gasteiger partial charge in [0.15, 0.2) is 0 Å². The molecule has 5 heteroatoms. The minimum Gasteiger partial charge on any atom is -0.465 e. The second-order valence-electron chi connectivity index (χ2n) is 5.88. The molecule has 2 aromatic rings. The number of carbonyl (C=O) groups excluding carboxylic acids is 1. The first-order valence-electron chi connectivity index (χ1n) is 8.16. The van der Waals surface area contributed by atoms with Gasteiger partial charge in [-0.2, -0.15) is 0 Å². The van der Waals surface area contributed by atoms with Gasteiger partial charge in [0.2, 0.25) is 5.91 Å². The standard InChI is InChI=1S/C19H21ClN2O2/c20-18-8-2-1-5-16(18)15-22-13-12-21(11-9-19(22)23)10-3-6-17-7-4-14-24-17/h1-8,14H,9-13,15H2. The zero-order chi connectivity index (χ0) is 16.8. The van der Waals surface area contributed by atoms with Crippen molar-refractivity contribution in [3.05, 3.63) is 65.1 Å². The second kappa shape index (κ2) is 8.18. The Hall–Kier alpha value is -2.04. The molecular weight excluding hydrogens is 324 g/mol. The van der Waals surface area contributed by atoms with Gasteiger partial charge in [0.25, 0.3) is 0 Å². The van der Waals surface area contributed by atoms with Gasteiger partial charge in [-0.05, 0) is 29.8 Å². The van der Waals surface area contributed by atoms with Crippen LogP contribution in [0.4, 0.5) is 0 Å². The average Bonchev–Trinajstić information content (AvgIpc) is 3.04. The molecule has 24 heavy (non-hydrogen) atoms. The Balaban J connectivity index is 1.55. The largest absolute Gasteiger partial charge is 0.465 e. The normalized spacial score (nSPS) is 16.7. The molecule has 1 fully saturated rings. The van der Waals surface area contributed by atoms with E-state index in [0.29, 0.717) is 18.0 Å². The molecule has 126 valence electrons.